The van der Waals surface area contributed by atoms with Crippen LogP contribution in [0, 0.1) is 0 Å². The summed E-state index contributed by atoms with van der Waals surface area (Å²) in [5.74, 6) is 0.204. The largest absolute Gasteiger partial charge is 0.481 e. The van der Waals surface area contributed by atoms with Gasteiger partial charge in [-0.3, -0.25) is 4.79 Å². The molecule has 3 heteroatoms. The average Bonchev–Trinajstić information content (AvgIpc) is 2.49. The van der Waals surface area contributed by atoms with Crippen LogP contribution in [0.2, 0.25) is 0 Å². The Morgan fingerprint density at radius 1 is 1.50 bits per heavy atom. The fourth-order valence-corrected chi connectivity index (χ4v) is 1.03. The van der Waals surface area contributed by atoms with Crippen LogP contribution < -0.4 is 0 Å². The molecule has 0 radical (unpaired) electrons. The van der Waals surface area contributed by atoms with Gasteiger partial charge in [-0.25, -0.2) is 0 Å². The molecule has 66 valence electrons. The minimum atomic E-state index is -0.727. The normalized spacial score (nSPS) is 10.0. The number of aliphatic carboxylic acids is 1. The van der Waals surface area contributed by atoms with Crippen molar-refractivity contribution in [3.8, 4) is 0 Å². The van der Waals surface area contributed by atoms with Crippen LogP contribution in [0.3, 0.4) is 0 Å². The molecule has 0 aliphatic rings. The molecule has 0 aromatic carbocycles. The van der Waals surface area contributed by atoms with E-state index in [1.54, 1.807) is 6.26 Å². The van der Waals surface area contributed by atoms with Gasteiger partial charge < -0.3 is 9.52 Å². The number of rotatable bonds is 5. The molecule has 0 amide bonds. The maximum Gasteiger partial charge on any atom is 0.303 e. The van der Waals surface area contributed by atoms with E-state index in [4.69, 9.17) is 9.52 Å². The first kappa shape index (κ1) is 8.84. The van der Waals surface area contributed by atoms with E-state index in [-0.39, 0.29) is 6.42 Å². The van der Waals surface area contributed by atoms with Gasteiger partial charge in [-0.1, -0.05) is 0 Å². The third-order valence-corrected chi connectivity index (χ3v) is 1.64. The topological polar surface area (TPSA) is 50.4 Å². The zero-order chi connectivity index (χ0) is 8.81. The second kappa shape index (κ2) is 4.59. The predicted molar refractivity (Wildman–Crippen MR) is 43.9 cm³/mol. The highest BCUT2D eigenvalue weighted by atomic mass is 16.4. The van der Waals surface area contributed by atoms with Gasteiger partial charge in [-0.2, -0.15) is 0 Å². The lowest BCUT2D eigenvalue weighted by Gasteiger charge is -1.94. The van der Waals surface area contributed by atoms with Crippen LogP contribution in [0.25, 0.3) is 0 Å². The van der Waals surface area contributed by atoms with Crippen molar-refractivity contribution in [2.45, 2.75) is 25.7 Å². The van der Waals surface area contributed by atoms with E-state index in [1.165, 1.54) is 0 Å². The van der Waals surface area contributed by atoms with Crippen molar-refractivity contribution in [2.75, 3.05) is 0 Å². The molecule has 12 heavy (non-hydrogen) atoms. The Morgan fingerprint density at radius 3 is 2.92 bits per heavy atom. The molecule has 1 N–H and O–H groups in total. The van der Waals surface area contributed by atoms with Crippen molar-refractivity contribution in [3.05, 3.63) is 24.2 Å². The summed E-state index contributed by atoms with van der Waals surface area (Å²) in [6, 6.07) is 3.74. The average molecular weight is 168 g/mol. The van der Waals surface area contributed by atoms with Crippen LogP contribution in [0.5, 0.6) is 0 Å². The molecule has 0 saturated heterocycles. The van der Waals surface area contributed by atoms with Crippen molar-refractivity contribution in [1.29, 1.82) is 0 Å². The highest BCUT2D eigenvalue weighted by Crippen LogP contribution is 2.06. The van der Waals surface area contributed by atoms with Crippen LogP contribution in [0.4, 0.5) is 0 Å². The quantitative estimate of drug-likeness (QED) is 0.685. The molecule has 1 aromatic rings. The van der Waals surface area contributed by atoms with Gasteiger partial charge in [0.2, 0.25) is 0 Å². The minimum Gasteiger partial charge on any atom is -0.481 e. The number of carbonyl (C=O) groups is 1. The number of unbranched alkanes of at least 4 members (excludes halogenated alkanes) is 1. The van der Waals surface area contributed by atoms with Gasteiger partial charge in [0.1, 0.15) is 5.76 Å². The van der Waals surface area contributed by atoms with E-state index >= 15 is 0 Å². The molecule has 0 spiro atoms. The highest BCUT2D eigenvalue weighted by molar-refractivity contribution is 5.66. The zero-order valence-electron chi connectivity index (χ0n) is 6.82. The molecule has 1 rings (SSSR count). The molecule has 0 saturated carbocycles. The Kier molecular flexibility index (Phi) is 3.38. The SMILES string of the molecule is O=C(O)CCCCc1ccco1. The summed E-state index contributed by atoms with van der Waals surface area (Å²) in [4.78, 5) is 10.1. The summed E-state index contributed by atoms with van der Waals surface area (Å²) in [7, 11) is 0. The molecule has 0 aliphatic carbocycles. The fraction of sp³-hybridized carbons (Fsp3) is 0.444. The van der Waals surface area contributed by atoms with Crippen LogP contribution >= 0.6 is 0 Å². The van der Waals surface area contributed by atoms with Crippen molar-refractivity contribution in [2.24, 2.45) is 0 Å². The van der Waals surface area contributed by atoms with Crippen LogP contribution in [0.15, 0.2) is 22.8 Å². The van der Waals surface area contributed by atoms with Crippen LogP contribution in [-0.4, -0.2) is 11.1 Å². The van der Waals surface area contributed by atoms with E-state index in [2.05, 4.69) is 0 Å². The summed E-state index contributed by atoms with van der Waals surface area (Å²) in [5.41, 5.74) is 0. The van der Waals surface area contributed by atoms with Gasteiger partial charge in [-0.15, -0.1) is 0 Å². The first-order valence-corrected chi connectivity index (χ1v) is 4.03. The Balaban J connectivity index is 2.07. The molecule has 0 atom stereocenters. The van der Waals surface area contributed by atoms with E-state index in [9.17, 15) is 4.79 Å². The zero-order valence-corrected chi connectivity index (χ0v) is 6.82. The number of furan rings is 1. The lowest BCUT2D eigenvalue weighted by molar-refractivity contribution is -0.137. The number of carboxylic acid groups (broad SMARTS) is 1. The predicted octanol–water partition coefficient (Wildman–Crippen LogP) is 2.08. The Labute approximate surface area is 71.0 Å². The van der Waals surface area contributed by atoms with Gasteiger partial charge in [0.15, 0.2) is 0 Å². The fourth-order valence-electron chi connectivity index (χ4n) is 1.03. The third kappa shape index (κ3) is 3.23. The van der Waals surface area contributed by atoms with E-state index in [0.29, 0.717) is 0 Å². The Morgan fingerprint density at radius 2 is 2.33 bits per heavy atom. The van der Waals surface area contributed by atoms with Crippen molar-refractivity contribution < 1.29 is 14.3 Å². The van der Waals surface area contributed by atoms with Gasteiger partial charge >= 0.3 is 5.97 Å². The van der Waals surface area contributed by atoms with Crippen molar-refractivity contribution in [1.82, 2.24) is 0 Å². The second-order valence-corrected chi connectivity index (χ2v) is 2.68. The van der Waals surface area contributed by atoms with E-state index in [0.717, 1.165) is 25.0 Å². The van der Waals surface area contributed by atoms with Gasteiger partial charge in [-0.05, 0) is 25.0 Å². The van der Waals surface area contributed by atoms with Crippen molar-refractivity contribution >= 4 is 5.97 Å². The summed E-state index contributed by atoms with van der Waals surface area (Å²) >= 11 is 0. The van der Waals surface area contributed by atoms with E-state index in [1.807, 2.05) is 12.1 Å². The van der Waals surface area contributed by atoms with E-state index < -0.39 is 5.97 Å². The molecule has 0 unspecified atom stereocenters. The number of aryl methyl sites for hydroxylation is 1. The van der Waals surface area contributed by atoms with Gasteiger partial charge in [0, 0.05) is 12.8 Å². The van der Waals surface area contributed by atoms with Gasteiger partial charge in [0.05, 0.1) is 6.26 Å². The monoisotopic (exact) mass is 168 g/mol. The maximum absolute atomic E-state index is 10.1. The highest BCUT2D eigenvalue weighted by Gasteiger charge is 1.98. The van der Waals surface area contributed by atoms with Crippen molar-refractivity contribution in [3.63, 3.8) is 0 Å². The third-order valence-electron chi connectivity index (χ3n) is 1.64. The minimum absolute atomic E-state index is 0.251. The number of carboxylic acids is 1. The standard InChI is InChI=1S/C9H12O3/c10-9(11)6-2-1-4-8-5-3-7-12-8/h3,5,7H,1-2,4,6H2,(H,10,11). The number of hydrogen-bond acceptors (Lipinski definition) is 2. The summed E-state index contributed by atoms with van der Waals surface area (Å²) in [5, 5.41) is 8.35. The summed E-state index contributed by atoms with van der Waals surface area (Å²) < 4.78 is 5.09. The van der Waals surface area contributed by atoms with Crippen LogP contribution in [0.1, 0.15) is 25.0 Å². The smallest absolute Gasteiger partial charge is 0.303 e. The lowest BCUT2D eigenvalue weighted by atomic mass is 10.1. The molecule has 0 fully saturated rings. The molecule has 1 heterocycles. The summed E-state index contributed by atoms with van der Waals surface area (Å²) in [6.07, 6.45) is 4.31. The van der Waals surface area contributed by atoms with Crippen LogP contribution in [-0.2, 0) is 11.2 Å². The summed E-state index contributed by atoms with van der Waals surface area (Å²) in [6.45, 7) is 0. The Bertz CT molecular complexity index is 226. The Hall–Kier alpha value is -1.25. The molecule has 0 aliphatic heterocycles. The molecular formula is C9H12O3. The van der Waals surface area contributed by atoms with Gasteiger partial charge in [0.25, 0.3) is 0 Å². The first-order valence-electron chi connectivity index (χ1n) is 4.03. The molecule has 0 bridgehead atoms. The maximum atomic E-state index is 10.1. The molecule has 3 nitrogen and oxygen atoms in total. The number of hydrogen-bond donors (Lipinski definition) is 1. The lowest BCUT2D eigenvalue weighted by Crippen LogP contribution is -1.94. The molecular weight excluding hydrogens is 156 g/mol. The first-order chi connectivity index (χ1) is 5.79. The molecule has 1 aromatic heterocycles. The second-order valence-electron chi connectivity index (χ2n) is 2.68.